The summed E-state index contributed by atoms with van der Waals surface area (Å²) in [6, 6.07) is 8.69. The lowest BCUT2D eigenvalue weighted by Gasteiger charge is -2.07. The zero-order valence-corrected chi connectivity index (χ0v) is 13.3. The van der Waals surface area contributed by atoms with Gasteiger partial charge in [0.2, 0.25) is 5.88 Å². The fraction of sp³-hybridized carbons (Fsp3) is 0.118. The number of carbonyl (C=O) groups is 1. The van der Waals surface area contributed by atoms with E-state index in [-0.39, 0.29) is 11.8 Å². The molecule has 3 rings (SSSR count). The normalized spacial score (nSPS) is 10.6. The first-order valence-corrected chi connectivity index (χ1v) is 7.33. The first-order chi connectivity index (χ1) is 11.5. The number of hydrogen-bond acceptors (Lipinski definition) is 5. The van der Waals surface area contributed by atoms with Crippen molar-refractivity contribution in [3.05, 3.63) is 53.9 Å². The summed E-state index contributed by atoms with van der Waals surface area (Å²) in [7, 11) is 1.55. The molecule has 0 aliphatic heterocycles. The van der Waals surface area contributed by atoms with Crippen molar-refractivity contribution in [1.82, 2.24) is 20.1 Å². The fourth-order valence-electron chi connectivity index (χ4n) is 2.48. The summed E-state index contributed by atoms with van der Waals surface area (Å²) in [5, 5.41) is 17.2. The summed E-state index contributed by atoms with van der Waals surface area (Å²) in [4.78, 5) is 15.7. The standard InChI is InChI=1S/C17H17N5O2/c1-10-7-12(18)4-5-13(10)14-9-21-22(17(14)24)15-6-3-11(8-20-15)16(23)19-2/h3-9,24H,18H2,1-2H3,(H,19,23). The smallest absolute Gasteiger partial charge is 0.252 e. The molecule has 24 heavy (non-hydrogen) atoms. The Balaban J connectivity index is 1.99. The van der Waals surface area contributed by atoms with Crippen LogP contribution in [0.3, 0.4) is 0 Å². The van der Waals surface area contributed by atoms with Crippen molar-refractivity contribution in [2.24, 2.45) is 0 Å². The number of aromatic nitrogens is 3. The second-order valence-electron chi connectivity index (χ2n) is 5.35. The van der Waals surface area contributed by atoms with Crippen molar-refractivity contribution >= 4 is 11.6 Å². The van der Waals surface area contributed by atoms with E-state index < -0.39 is 0 Å². The Labute approximate surface area is 138 Å². The maximum Gasteiger partial charge on any atom is 0.252 e. The van der Waals surface area contributed by atoms with E-state index in [2.05, 4.69) is 15.4 Å². The SMILES string of the molecule is CNC(=O)c1ccc(-n2ncc(-c3ccc(N)cc3C)c2O)nc1. The number of nitrogens with two attached hydrogens (primary N) is 1. The Morgan fingerprint density at radius 1 is 1.21 bits per heavy atom. The van der Waals surface area contributed by atoms with E-state index in [1.165, 1.54) is 10.9 Å². The lowest BCUT2D eigenvalue weighted by atomic mass is 10.0. The monoisotopic (exact) mass is 323 g/mol. The number of rotatable bonds is 3. The molecule has 0 aliphatic carbocycles. The highest BCUT2D eigenvalue weighted by atomic mass is 16.3. The van der Waals surface area contributed by atoms with E-state index in [1.807, 2.05) is 19.1 Å². The molecule has 2 aromatic heterocycles. The minimum Gasteiger partial charge on any atom is -0.493 e. The van der Waals surface area contributed by atoms with Crippen molar-refractivity contribution in [2.45, 2.75) is 6.92 Å². The molecule has 3 aromatic rings. The first kappa shape index (κ1) is 15.5. The van der Waals surface area contributed by atoms with Crippen LogP contribution < -0.4 is 11.1 Å². The van der Waals surface area contributed by atoms with Gasteiger partial charge in [-0.1, -0.05) is 6.07 Å². The van der Waals surface area contributed by atoms with Crippen LogP contribution in [0.4, 0.5) is 5.69 Å². The molecule has 0 bridgehead atoms. The van der Waals surface area contributed by atoms with Crippen LogP contribution in [0.2, 0.25) is 0 Å². The van der Waals surface area contributed by atoms with Crippen LogP contribution in [-0.4, -0.2) is 32.8 Å². The number of aromatic hydroxyl groups is 1. The van der Waals surface area contributed by atoms with Crippen molar-refractivity contribution in [2.75, 3.05) is 12.8 Å². The van der Waals surface area contributed by atoms with Gasteiger partial charge in [-0.05, 0) is 42.3 Å². The average Bonchev–Trinajstić information content (AvgIpc) is 2.96. The molecule has 0 saturated carbocycles. The lowest BCUT2D eigenvalue weighted by Crippen LogP contribution is -2.18. The van der Waals surface area contributed by atoms with Gasteiger partial charge in [-0.3, -0.25) is 4.79 Å². The van der Waals surface area contributed by atoms with Crippen LogP contribution in [0.5, 0.6) is 5.88 Å². The number of nitrogens with one attached hydrogen (secondary N) is 1. The second-order valence-corrected chi connectivity index (χ2v) is 5.35. The Bertz CT molecular complexity index is 900. The highest BCUT2D eigenvalue weighted by Crippen LogP contribution is 2.33. The molecule has 4 N–H and O–H groups in total. The molecular weight excluding hydrogens is 306 g/mol. The highest BCUT2D eigenvalue weighted by Gasteiger charge is 2.15. The quantitative estimate of drug-likeness (QED) is 0.638. The summed E-state index contributed by atoms with van der Waals surface area (Å²) in [6.45, 7) is 1.92. The van der Waals surface area contributed by atoms with Crippen LogP contribution in [0.1, 0.15) is 15.9 Å². The maximum absolute atomic E-state index is 11.5. The van der Waals surface area contributed by atoms with Crippen LogP contribution in [0, 0.1) is 6.92 Å². The predicted molar refractivity (Wildman–Crippen MR) is 91.0 cm³/mol. The Kier molecular flexibility index (Phi) is 3.91. The minimum atomic E-state index is -0.225. The van der Waals surface area contributed by atoms with Gasteiger partial charge < -0.3 is 16.2 Å². The molecule has 122 valence electrons. The molecule has 0 spiro atoms. The molecule has 0 radical (unpaired) electrons. The van der Waals surface area contributed by atoms with Crippen LogP contribution in [-0.2, 0) is 0 Å². The maximum atomic E-state index is 11.5. The Hall–Kier alpha value is -3.35. The molecule has 1 amide bonds. The van der Waals surface area contributed by atoms with Gasteiger partial charge in [0.05, 0.1) is 17.3 Å². The topological polar surface area (TPSA) is 106 Å². The number of aryl methyl sites for hydroxylation is 1. The molecular formula is C17H17N5O2. The molecule has 0 aliphatic rings. The third-order valence-corrected chi connectivity index (χ3v) is 3.74. The summed E-state index contributed by atoms with van der Waals surface area (Å²) in [5.41, 5.74) is 9.23. The third kappa shape index (κ3) is 2.67. The van der Waals surface area contributed by atoms with Crippen molar-refractivity contribution in [3.63, 3.8) is 0 Å². The molecule has 1 aromatic carbocycles. The largest absolute Gasteiger partial charge is 0.493 e. The third-order valence-electron chi connectivity index (χ3n) is 3.74. The number of nitrogens with zero attached hydrogens (tertiary/aromatic N) is 3. The van der Waals surface area contributed by atoms with E-state index >= 15 is 0 Å². The van der Waals surface area contributed by atoms with Gasteiger partial charge in [-0.2, -0.15) is 9.78 Å². The summed E-state index contributed by atoms with van der Waals surface area (Å²) in [5.74, 6) is 0.166. The summed E-state index contributed by atoms with van der Waals surface area (Å²) < 4.78 is 1.32. The lowest BCUT2D eigenvalue weighted by molar-refractivity contribution is 0.0962. The van der Waals surface area contributed by atoms with E-state index in [4.69, 9.17) is 5.73 Å². The van der Waals surface area contributed by atoms with Crippen LogP contribution in [0.15, 0.2) is 42.7 Å². The van der Waals surface area contributed by atoms with Crippen molar-refractivity contribution < 1.29 is 9.90 Å². The fourth-order valence-corrected chi connectivity index (χ4v) is 2.48. The molecule has 0 fully saturated rings. The number of hydrogen-bond donors (Lipinski definition) is 3. The molecule has 7 heteroatoms. The van der Waals surface area contributed by atoms with Gasteiger partial charge in [0.1, 0.15) is 0 Å². The predicted octanol–water partition coefficient (Wildman–Crippen LogP) is 1.89. The highest BCUT2D eigenvalue weighted by molar-refractivity contribution is 5.93. The average molecular weight is 323 g/mol. The van der Waals surface area contributed by atoms with Gasteiger partial charge in [0.25, 0.3) is 5.91 Å². The van der Waals surface area contributed by atoms with Gasteiger partial charge in [-0.15, -0.1) is 0 Å². The first-order valence-electron chi connectivity index (χ1n) is 7.33. The van der Waals surface area contributed by atoms with E-state index in [1.54, 1.807) is 31.4 Å². The van der Waals surface area contributed by atoms with E-state index in [0.29, 0.717) is 22.6 Å². The Morgan fingerprint density at radius 3 is 2.62 bits per heavy atom. The number of anilines is 1. The molecule has 7 nitrogen and oxygen atoms in total. The van der Waals surface area contributed by atoms with Crippen LogP contribution in [0.25, 0.3) is 16.9 Å². The minimum absolute atomic E-state index is 0.0249. The zero-order chi connectivity index (χ0) is 17.3. The number of pyridine rings is 1. The van der Waals surface area contributed by atoms with Gasteiger partial charge >= 0.3 is 0 Å². The second kappa shape index (κ2) is 6.04. The summed E-state index contributed by atoms with van der Waals surface area (Å²) >= 11 is 0. The molecule has 0 unspecified atom stereocenters. The number of carbonyl (C=O) groups excluding carboxylic acids is 1. The van der Waals surface area contributed by atoms with E-state index in [0.717, 1.165) is 11.1 Å². The molecule has 2 heterocycles. The Morgan fingerprint density at radius 2 is 2.00 bits per heavy atom. The van der Waals surface area contributed by atoms with Gasteiger partial charge in [-0.25, -0.2) is 4.98 Å². The van der Waals surface area contributed by atoms with Gasteiger partial charge in [0.15, 0.2) is 5.82 Å². The number of benzene rings is 1. The molecule has 0 atom stereocenters. The number of amides is 1. The van der Waals surface area contributed by atoms with E-state index in [9.17, 15) is 9.90 Å². The van der Waals surface area contributed by atoms with Gasteiger partial charge in [0, 0.05) is 18.9 Å². The van der Waals surface area contributed by atoms with Crippen molar-refractivity contribution in [3.8, 4) is 22.8 Å². The number of nitrogen functional groups attached to an aromatic ring is 1. The van der Waals surface area contributed by atoms with Crippen molar-refractivity contribution in [1.29, 1.82) is 0 Å². The van der Waals surface area contributed by atoms with Crippen LogP contribution >= 0.6 is 0 Å². The zero-order valence-electron chi connectivity index (χ0n) is 13.3. The summed E-state index contributed by atoms with van der Waals surface area (Å²) in [6.07, 6.45) is 3.01. The molecule has 0 saturated heterocycles.